The van der Waals surface area contributed by atoms with E-state index in [1.807, 2.05) is 49.5 Å². The highest BCUT2D eigenvalue weighted by Crippen LogP contribution is 2.34. The summed E-state index contributed by atoms with van der Waals surface area (Å²) < 4.78 is 15.3. The summed E-state index contributed by atoms with van der Waals surface area (Å²) in [4.78, 5) is 26.3. The molecule has 0 aliphatic carbocycles. The normalized spacial score (nSPS) is 16.6. The molecule has 5 aromatic rings. The number of benzene rings is 2. The Morgan fingerprint density at radius 3 is 2.48 bits per heavy atom. The summed E-state index contributed by atoms with van der Waals surface area (Å²) in [7, 11) is 3.96. The van der Waals surface area contributed by atoms with Gasteiger partial charge in [0.05, 0.1) is 11.9 Å². The standard InChI is InChI=1S/C34H37ClN8O3/c1-41-13-9-27(10-14-41)46-26-6-4-25(5-7-26)38-34-36-19-23-17-30(28-8-3-24(35)18-29(28)31-20-37-40-42(31)2)33(44)43(32(23)39-34)21-22-11-15-45-16-12-22/h3-8,17-20,22,27H,9-16,21H2,1-2H3,(H,36,38,39). The molecule has 12 heteroatoms. The minimum absolute atomic E-state index is 0.127. The van der Waals surface area contributed by atoms with Crippen molar-refractivity contribution in [3.63, 3.8) is 0 Å². The van der Waals surface area contributed by atoms with E-state index in [0.29, 0.717) is 47.9 Å². The van der Waals surface area contributed by atoms with Crippen LogP contribution in [0.25, 0.3) is 33.4 Å². The molecule has 0 amide bonds. The number of pyridine rings is 1. The zero-order chi connectivity index (χ0) is 31.6. The molecule has 11 nitrogen and oxygen atoms in total. The average Bonchev–Trinajstić information content (AvgIpc) is 3.50. The number of likely N-dealkylation sites (tertiary alicyclic amines) is 1. The number of hydrogen-bond donors (Lipinski definition) is 1. The summed E-state index contributed by atoms with van der Waals surface area (Å²) in [5, 5.41) is 12.8. The van der Waals surface area contributed by atoms with E-state index in [4.69, 9.17) is 26.1 Å². The maximum Gasteiger partial charge on any atom is 0.260 e. The summed E-state index contributed by atoms with van der Waals surface area (Å²) in [6, 6.07) is 15.3. The highest BCUT2D eigenvalue weighted by molar-refractivity contribution is 6.31. The highest BCUT2D eigenvalue weighted by Gasteiger charge is 2.22. The van der Waals surface area contributed by atoms with Crippen molar-refractivity contribution in [2.24, 2.45) is 13.0 Å². The minimum atomic E-state index is -0.127. The van der Waals surface area contributed by atoms with Gasteiger partial charge in [-0.1, -0.05) is 22.9 Å². The van der Waals surface area contributed by atoms with Gasteiger partial charge in [-0.25, -0.2) is 9.67 Å². The predicted molar refractivity (Wildman–Crippen MR) is 179 cm³/mol. The number of nitrogens with zero attached hydrogens (tertiary/aromatic N) is 7. The first kappa shape index (κ1) is 30.3. The molecule has 2 saturated heterocycles. The van der Waals surface area contributed by atoms with Crippen LogP contribution in [-0.2, 0) is 18.3 Å². The lowest BCUT2D eigenvalue weighted by Crippen LogP contribution is -2.35. The molecule has 46 heavy (non-hydrogen) atoms. The smallest absolute Gasteiger partial charge is 0.260 e. The van der Waals surface area contributed by atoms with Crippen LogP contribution < -0.4 is 15.6 Å². The summed E-state index contributed by atoms with van der Waals surface area (Å²) in [6.07, 6.45) is 7.50. The first-order valence-corrected chi connectivity index (χ1v) is 16.1. The molecule has 2 aliphatic heterocycles. The summed E-state index contributed by atoms with van der Waals surface area (Å²) in [5.41, 5.74) is 4.10. The number of aromatic nitrogens is 6. The van der Waals surface area contributed by atoms with Crippen molar-refractivity contribution in [2.45, 2.75) is 38.3 Å². The highest BCUT2D eigenvalue weighted by atomic mass is 35.5. The lowest BCUT2D eigenvalue weighted by atomic mass is 9.97. The van der Waals surface area contributed by atoms with Crippen molar-refractivity contribution in [1.82, 2.24) is 34.4 Å². The maximum atomic E-state index is 14.4. The molecule has 7 rings (SSSR count). The molecule has 2 aliphatic rings. The Morgan fingerprint density at radius 2 is 1.74 bits per heavy atom. The summed E-state index contributed by atoms with van der Waals surface area (Å²) in [5.74, 6) is 1.55. The van der Waals surface area contributed by atoms with E-state index >= 15 is 0 Å². The van der Waals surface area contributed by atoms with Crippen LogP contribution in [0.15, 0.2) is 65.7 Å². The molecule has 2 fully saturated rings. The molecule has 0 atom stereocenters. The van der Waals surface area contributed by atoms with Crippen LogP contribution in [0.4, 0.5) is 11.6 Å². The monoisotopic (exact) mass is 640 g/mol. The Labute approximate surface area is 272 Å². The average molecular weight is 641 g/mol. The second-order valence-electron chi connectivity index (χ2n) is 12.2. The number of halogens is 1. The van der Waals surface area contributed by atoms with E-state index < -0.39 is 0 Å². The second kappa shape index (κ2) is 13.2. The number of anilines is 2. The van der Waals surface area contributed by atoms with Crippen molar-refractivity contribution in [2.75, 3.05) is 38.7 Å². The van der Waals surface area contributed by atoms with Crippen molar-refractivity contribution < 1.29 is 9.47 Å². The zero-order valence-electron chi connectivity index (χ0n) is 26.0. The Balaban J connectivity index is 1.23. The molecule has 2 aromatic carbocycles. The van der Waals surface area contributed by atoms with E-state index in [1.165, 1.54) is 0 Å². The number of aryl methyl sites for hydroxylation is 1. The molecule has 0 unspecified atom stereocenters. The molecule has 1 N–H and O–H groups in total. The summed E-state index contributed by atoms with van der Waals surface area (Å²) >= 11 is 6.43. The van der Waals surface area contributed by atoms with Crippen LogP contribution in [0, 0.1) is 5.92 Å². The third kappa shape index (κ3) is 6.48. The van der Waals surface area contributed by atoms with Gasteiger partial charge in [0.15, 0.2) is 0 Å². The van der Waals surface area contributed by atoms with Gasteiger partial charge in [0.25, 0.3) is 5.56 Å². The molecular weight excluding hydrogens is 604 g/mol. The van der Waals surface area contributed by atoms with Gasteiger partial charge < -0.3 is 19.7 Å². The molecule has 0 spiro atoms. The number of hydrogen-bond acceptors (Lipinski definition) is 9. The fraction of sp³-hybridized carbons (Fsp3) is 0.382. The van der Waals surface area contributed by atoms with Crippen molar-refractivity contribution in [1.29, 1.82) is 0 Å². The molecule has 0 bridgehead atoms. The Bertz CT molecular complexity index is 1890. The number of rotatable bonds is 8. The quantitative estimate of drug-likeness (QED) is 0.233. The van der Waals surface area contributed by atoms with Gasteiger partial charge in [-0.15, -0.1) is 5.10 Å². The topological polar surface area (TPSA) is 112 Å². The Morgan fingerprint density at radius 1 is 0.957 bits per heavy atom. The number of piperidine rings is 1. The van der Waals surface area contributed by atoms with Gasteiger partial charge in [-0.2, -0.15) is 4.98 Å². The second-order valence-corrected chi connectivity index (χ2v) is 12.6. The number of ether oxygens (including phenoxy) is 2. The van der Waals surface area contributed by atoms with Gasteiger partial charge in [0.2, 0.25) is 5.95 Å². The lowest BCUT2D eigenvalue weighted by Gasteiger charge is -2.29. The van der Waals surface area contributed by atoms with Crippen LogP contribution in [-0.4, -0.2) is 73.9 Å². The predicted octanol–water partition coefficient (Wildman–Crippen LogP) is 5.55. The molecular formula is C34H37ClN8O3. The van der Waals surface area contributed by atoms with Crippen molar-refractivity contribution >= 4 is 34.3 Å². The fourth-order valence-electron chi connectivity index (χ4n) is 6.31. The molecule has 238 valence electrons. The van der Waals surface area contributed by atoms with E-state index in [0.717, 1.165) is 72.4 Å². The minimum Gasteiger partial charge on any atom is -0.490 e. The van der Waals surface area contributed by atoms with E-state index in [9.17, 15) is 4.79 Å². The molecule has 3 aromatic heterocycles. The van der Waals surface area contributed by atoms with Gasteiger partial charge >= 0.3 is 0 Å². The Kier molecular flexibility index (Phi) is 8.70. The first-order chi connectivity index (χ1) is 22.4. The lowest BCUT2D eigenvalue weighted by molar-refractivity contribution is 0.0613. The van der Waals surface area contributed by atoms with Crippen molar-refractivity contribution in [3.8, 4) is 28.1 Å². The van der Waals surface area contributed by atoms with Crippen molar-refractivity contribution in [3.05, 3.63) is 76.3 Å². The van der Waals surface area contributed by atoms with Crippen LogP contribution >= 0.6 is 11.6 Å². The van der Waals surface area contributed by atoms with E-state index in [1.54, 1.807) is 27.7 Å². The van der Waals surface area contributed by atoms with Crippen LogP contribution in [0.3, 0.4) is 0 Å². The largest absolute Gasteiger partial charge is 0.490 e. The third-order valence-corrected chi connectivity index (χ3v) is 9.18. The third-order valence-electron chi connectivity index (χ3n) is 8.95. The molecule has 0 radical (unpaired) electrons. The van der Waals surface area contributed by atoms with Crippen LogP contribution in [0.2, 0.25) is 5.02 Å². The van der Waals surface area contributed by atoms with E-state index in [2.05, 4.69) is 32.6 Å². The first-order valence-electron chi connectivity index (χ1n) is 15.8. The zero-order valence-corrected chi connectivity index (χ0v) is 26.8. The molecule has 5 heterocycles. The van der Waals surface area contributed by atoms with Crippen LogP contribution in [0.1, 0.15) is 25.7 Å². The van der Waals surface area contributed by atoms with Gasteiger partial charge in [-0.3, -0.25) is 9.36 Å². The van der Waals surface area contributed by atoms with Gasteiger partial charge in [-0.05, 0) is 86.7 Å². The number of nitrogens with one attached hydrogen (secondary N) is 1. The van der Waals surface area contributed by atoms with Gasteiger partial charge in [0, 0.05) is 73.3 Å². The van der Waals surface area contributed by atoms with Gasteiger partial charge in [0.1, 0.15) is 17.5 Å². The number of fused-ring (bicyclic) bond motifs is 1. The summed E-state index contributed by atoms with van der Waals surface area (Å²) in [6.45, 7) is 4.00. The maximum absolute atomic E-state index is 14.4. The fourth-order valence-corrected chi connectivity index (χ4v) is 6.48. The van der Waals surface area contributed by atoms with Crippen LogP contribution in [0.5, 0.6) is 5.75 Å². The Hall–Kier alpha value is -4.32. The SMILES string of the molecule is CN1CCC(Oc2ccc(Nc3ncc4cc(-c5ccc(Cl)cc5-c5cnnn5C)c(=O)n(CC5CCOCC5)c4n3)cc2)CC1. The molecule has 0 saturated carbocycles. The van der Waals surface area contributed by atoms with E-state index in [-0.39, 0.29) is 11.7 Å².